The van der Waals surface area contributed by atoms with Crippen LogP contribution in [0.1, 0.15) is 16.1 Å². The fourth-order valence-corrected chi connectivity index (χ4v) is 3.14. The maximum absolute atomic E-state index is 12.6. The van der Waals surface area contributed by atoms with Crippen LogP contribution in [0.3, 0.4) is 0 Å². The van der Waals surface area contributed by atoms with Gasteiger partial charge in [0.15, 0.2) is 0 Å². The normalized spacial score (nSPS) is 11.0. The number of nitro groups is 1. The zero-order valence-electron chi connectivity index (χ0n) is 15.1. The summed E-state index contributed by atoms with van der Waals surface area (Å²) >= 11 is 3.29. The SMILES string of the molecule is COc1ccc(C(=O)/C(C#N)=C/c2ccc(-c3ccc([N+](=O)[O-])cc3Br)o2)cc1. The van der Waals surface area contributed by atoms with Gasteiger partial charge >= 0.3 is 0 Å². The molecule has 2 aromatic carbocycles. The van der Waals surface area contributed by atoms with Gasteiger partial charge in [-0.1, -0.05) is 0 Å². The lowest BCUT2D eigenvalue weighted by Gasteiger charge is -2.02. The predicted molar refractivity (Wildman–Crippen MR) is 109 cm³/mol. The molecule has 144 valence electrons. The van der Waals surface area contributed by atoms with E-state index in [1.54, 1.807) is 42.5 Å². The van der Waals surface area contributed by atoms with Crippen molar-refractivity contribution in [3.8, 4) is 23.1 Å². The largest absolute Gasteiger partial charge is 0.497 e. The Kier molecular flexibility index (Phi) is 5.90. The summed E-state index contributed by atoms with van der Waals surface area (Å²) in [5.74, 6) is 0.911. The van der Waals surface area contributed by atoms with Gasteiger partial charge in [-0.05, 0) is 58.4 Å². The minimum Gasteiger partial charge on any atom is -0.497 e. The first-order valence-corrected chi connectivity index (χ1v) is 9.07. The number of rotatable bonds is 6. The van der Waals surface area contributed by atoms with Gasteiger partial charge in [0.1, 0.15) is 28.9 Å². The van der Waals surface area contributed by atoms with Gasteiger partial charge in [0.25, 0.3) is 5.69 Å². The highest BCUT2D eigenvalue weighted by molar-refractivity contribution is 9.10. The topological polar surface area (TPSA) is 106 Å². The number of allylic oxidation sites excluding steroid dienone is 1. The van der Waals surface area contributed by atoms with Crippen LogP contribution in [0, 0.1) is 21.4 Å². The van der Waals surface area contributed by atoms with Crippen molar-refractivity contribution in [1.82, 2.24) is 0 Å². The molecule has 1 heterocycles. The maximum atomic E-state index is 12.6. The molecule has 3 aromatic rings. The summed E-state index contributed by atoms with van der Waals surface area (Å²) in [4.78, 5) is 22.9. The highest BCUT2D eigenvalue weighted by Crippen LogP contribution is 2.33. The van der Waals surface area contributed by atoms with Crippen molar-refractivity contribution in [1.29, 1.82) is 5.26 Å². The molecule has 0 bridgehead atoms. The number of nitrogens with zero attached hydrogens (tertiary/aromatic N) is 2. The molecular formula is C21H13BrN2O5. The van der Waals surface area contributed by atoms with Gasteiger partial charge in [0, 0.05) is 33.8 Å². The molecule has 0 saturated carbocycles. The van der Waals surface area contributed by atoms with Crippen molar-refractivity contribution in [2.75, 3.05) is 7.11 Å². The van der Waals surface area contributed by atoms with E-state index in [1.807, 2.05) is 6.07 Å². The van der Waals surface area contributed by atoms with Crippen LogP contribution in [0.4, 0.5) is 5.69 Å². The summed E-state index contributed by atoms with van der Waals surface area (Å²) < 4.78 is 11.3. The van der Waals surface area contributed by atoms with E-state index < -0.39 is 10.7 Å². The third-order valence-corrected chi connectivity index (χ3v) is 4.72. The molecule has 3 rings (SSSR count). The quantitative estimate of drug-likeness (QED) is 0.162. The number of ether oxygens (including phenoxy) is 1. The van der Waals surface area contributed by atoms with Crippen molar-refractivity contribution >= 4 is 33.5 Å². The lowest BCUT2D eigenvalue weighted by molar-refractivity contribution is -0.384. The van der Waals surface area contributed by atoms with Gasteiger partial charge < -0.3 is 9.15 Å². The molecule has 0 aliphatic rings. The summed E-state index contributed by atoms with van der Waals surface area (Å²) in [5.41, 5.74) is 0.821. The first-order chi connectivity index (χ1) is 13.9. The van der Waals surface area contributed by atoms with E-state index >= 15 is 0 Å². The van der Waals surface area contributed by atoms with Crippen LogP contribution in [0.15, 0.2) is 69.1 Å². The smallest absolute Gasteiger partial charge is 0.270 e. The number of non-ortho nitro benzene ring substituents is 1. The Labute approximate surface area is 174 Å². The number of Topliss-reactive ketones (excluding diaryl/α,β-unsaturated/α-hetero) is 1. The Balaban J connectivity index is 1.88. The van der Waals surface area contributed by atoms with Crippen LogP contribution in [0.5, 0.6) is 5.75 Å². The molecule has 7 nitrogen and oxygen atoms in total. The number of hydrogen-bond acceptors (Lipinski definition) is 6. The van der Waals surface area contributed by atoms with Gasteiger partial charge in [0.2, 0.25) is 5.78 Å². The van der Waals surface area contributed by atoms with E-state index in [4.69, 9.17) is 9.15 Å². The van der Waals surface area contributed by atoms with Crippen molar-refractivity contribution in [3.05, 3.63) is 86.1 Å². The second-order valence-electron chi connectivity index (χ2n) is 5.85. The second kappa shape index (κ2) is 8.54. The number of methoxy groups -OCH3 is 1. The van der Waals surface area contributed by atoms with Crippen LogP contribution in [-0.4, -0.2) is 17.8 Å². The minimum atomic E-state index is -0.491. The summed E-state index contributed by atoms with van der Waals surface area (Å²) in [6.07, 6.45) is 1.36. The molecule has 0 N–H and O–H groups in total. The molecule has 0 unspecified atom stereocenters. The Morgan fingerprint density at radius 1 is 1.21 bits per heavy atom. The molecule has 0 aliphatic heterocycles. The Morgan fingerprint density at radius 2 is 1.93 bits per heavy atom. The Morgan fingerprint density at radius 3 is 2.52 bits per heavy atom. The first-order valence-electron chi connectivity index (χ1n) is 8.27. The summed E-state index contributed by atoms with van der Waals surface area (Å²) in [7, 11) is 1.52. The number of nitro benzene ring substituents is 1. The van der Waals surface area contributed by atoms with Crippen LogP contribution in [0.25, 0.3) is 17.4 Å². The van der Waals surface area contributed by atoms with E-state index in [9.17, 15) is 20.2 Å². The zero-order valence-corrected chi connectivity index (χ0v) is 16.7. The zero-order chi connectivity index (χ0) is 21.0. The van der Waals surface area contributed by atoms with E-state index in [-0.39, 0.29) is 11.3 Å². The van der Waals surface area contributed by atoms with Crippen molar-refractivity contribution in [2.24, 2.45) is 0 Å². The fraction of sp³-hybridized carbons (Fsp3) is 0.0476. The standard InChI is InChI=1S/C21H13BrN2O5/c1-28-16-5-2-13(3-6-16)21(25)14(12-23)10-17-7-9-20(29-17)18-8-4-15(24(26)27)11-19(18)22/h2-11H,1H3/b14-10+. The van der Waals surface area contributed by atoms with Gasteiger partial charge in [0.05, 0.1) is 12.0 Å². The summed E-state index contributed by atoms with van der Waals surface area (Å²) in [5, 5.41) is 20.3. The van der Waals surface area contributed by atoms with Crippen LogP contribution in [-0.2, 0) is 0 Å². The van der Waals surface area contributed by atoms with Gasteiger partial charge in [-0.15, -0.1) is 0 Å². The number of benzene rings is 2. The average Bonchev–Trinajstić information content (AvgIpc) is 3.19. The van der Waals surface area contributed by atoms with Gasteiger partial charge in [-0.3, -0.25) is 14.9 Å². The summed E-state index contributed by atoms with van der Waals surface area (Å²) in [6.45, 7) is 0. The number of carbonyl (C=O) groups excluding carboxylic acids is 1. The van der Waals surface area contributed by atoms with Crippen LogP contribution < -0.4 is 4.74 Å². The molecule has 0 radical (unpaired) electrons. The van der Waals surface area contributed by atoms with Crippen molar-refractivity contribution in [2.45, 2.75) is 0 Å². The maximum Gasteiger partial charge on any atom is 0.270 e. The molecular weight excluding hydrogens is 440 g/mol. The molecule has 29 heavy (non-hydrogen) atoms. The van der Waals surface area contributed by atoms with E-state index in [2.05, 4.69) is 15.9 Å². The molecule has 0 aliphatic carbocycles. The molecule has 0 amide bonds. The molecule has 0 saturated heterocycles. The molecule has 8 heteroatoms. The monoisotopic (exact) mass is 452 g/mol. The second-order valence-corrected chi connectivity index (χ2v) is 6.71. The highest BCUT2D eigenvalue weighted by atomic mass is 79.9. The minimum absolute atomic E-state index is 0.0517. The Bertz CT molecular complexity index is 1160. The predicted octanol–water partition coefficient (Wildman–Crippen LogP) is 5.42. The van der Waals surface area contributed by atoms with Gasteiger partial charge in [-0.25, -0.2) is 0 Å². The van der Waals surface area contributed by atoms with E-state index in [1.165, 1.54) is 25.3 Å². The number of carbonyl (C=O) groups is 1. The van der Waals surface area contributed by atoms with Crippen molar-refractivity contribution in [3.63, 3.8) is 0 Å². The van der Waals surface area contributed by atoms with Crippen molar-refractivity contribution < 1.29 is 18.9 Å². The third-order valence-electron chi connectivity index (χ3n) is 4.06. The number of halogens is 1. The third kappa shape index (κ3) is 4.42. The number of nitriles is 1. The number of ketones is 1. The average molecular weight is 453 g/mol. The lowest BCUT2D eigenvalue weighted by atomic mass is 10.0. The summed E-state index contributed by atoms with van der Waals surface area (Å²) in [6, 6.07) is 15.9. The van der Waals surface area contributed by atoms with Crippen LogP contribution in [0.2, 0.25) is 0 Å². The molecule has 1 aromatic heterocycles. The number of hydrogen-bond donors (Lipinski definition) is 0. The Hall–Kier alpha value is -3.70. The molecule has 0 fully saturated rings. The number of furan rings is 1. The van der Waals surface area contributed by atoms with Crippen LogP contribution >= 0.6 is 15.9 Å². The van der Waals surface area contributed by atoms with E-state index in [0.29, 0.717) is 32.9 Å². The molecule has 0 spiro atoms. The highest BCUT2D eigenvalue weighted by Gasteiger charge is 2.15. The van der Waals surface area contributed by atoms with E-state index in [0.717, 1.165) is 0 Å². The lowest BCUT2D eigenvalue weighted by Crippen LogP contribution is -2.01. The van der Waals surface area contributed by atoms with Gasteiger partial charge in [-0.2, -0.15) is 5.26 Å². The first kappa shape index (κ1) is 20.0. The fourth-order valence-electron chi connectivity index (χ4n) is 2.58. The molecule has 0 atom stereocenters.